The number of para-hydroxylation sites is 1. The van der Waals surface area contributed by atoms with Gasteiger partial charge in [0.05, 0.1) is 0 Å². The Hall–Kier alpha value is -2.89. The zero-order valence-corrected chi connectivity index (χ0v) is 16.5. The summed E-state index contributed by atoms with van der Waals surface area (Å²) in [4.78, 5) is 23.9. The van der Waals surface area contributed by atoms with Crippen molar-refractivity contribution in [3.05, 3.63) is 54.5 Å². The highest BCUT2D eigenvalue weighted by atomic mass is 16.2. The first-order valence-electron chi connectivity index (χ1n) is 10.0. The molecular weight excluding hydrogens is 350 g/mol. The topological polar surface area (TPSA) is 63.1 Å². The minimum Gasteiger partial charge on any atom is -0.324 e. The van der Waals surface area contributed by atoms with Gasteiger partial charge in [-0.05, 0) is 42.5 Å². The Morgan fingerprint density at radius 2 is 2.04 bits per heavy atom. The van der Waals surface area contributed by atoms with Crippen molar-refractivity contribution in [2.24, 2.45) is 11.8 Å². The number of nitrogens with zero attached hydrogens (tertiary/aromatic N) is 4. The smallest absolute Gasteiger partial charge is 0.321 e. The summed E-state index contributed by atoms with van der Waals surface area (Å²) in [5.41, 5.74) is 2.75. The summed E-state index contributed by atoms with van der Waals surface area (Å²) in [7, 11) is 0. The molecule has 3 aromatic rings. The molecule has 0 spiro atoms. The molecule has 1 aliphatic heterocycles. The maximum Gasteiger partial charge on any atom is 0.321 e. The molecule has 1 aliphatic rings. The molecule has 0 aliphatic carbocycles. The van der Waals surface area contributed by atoms with Crippen molar-refractivity contribution < 1.29 is 4.79 Å². The molecule has 0 bridgehead atoms. The van der Waals surface area contributed by atoms with Gasteiger partial charge < -0.3 is 14.8 Å². The Balaban J connectivity index is 1.45. The molecule has 3 heterocycles. The molecule has 6 nitrogen and oxygen atoms in total. The number of carbonyl (C=O) groups excluding carboxylic acids is 1. The number of urea groups is 1. The number of hydrogen-bond donors (Lipinski definition) is 1. The molecule has 28 heavy (non-hydrogen) atoms. The second kappa shape index (κ2) is 8.00. The van der Waals surface area contributed by atoms with Crippen molar-refractivity contribution in [1.82, 2.24) is 19.4 Å². The first-order valence-corrected chi connectivity index (χ1v) is 10.0. The van der Waals surface area contributed by atoms with E-state index in [9.17, 15) is 4.79 Å². The van der Waals surface area contributed by atoms with Crippen LogP contribution in [0.25, 0.3) is 11.2 Å². The van der Waals surface area contributed by atoms with E-state index in [1.807, 2.05) is 53.6 Å². The standard InChI is InChI=1S/C22H27N5O/c1-16(2)14-27-20(25-19-9-6-11-23-21(19)27)13-17-10-12-26(15-17)22(28)24-18-7-4-3-5-8-18/h3-9,11,16-17H,10,12-15H2,1-2H3,(H,24,28). The predicted octanol–water partition coefficient (Wildman–Crippen LogP) is 4.18. The number of hydrogen-bond acceptors (Lipinski definition) is 3. The van der Waals surface area contributed by atoms with Crippen molar-refractivity contribution >= 4 is 22.9 Å². The number of pyridine rings is 1. The molecule has 1 saturated heterocycles. The molecule has 2 aromatic heterocycles. The van der Waals surface area contributed by atoms with Crippen LogP contribution in [-0.4, -0.2) is 38.6 Å². The van der Waals surface area contributed by atoms with Gasteiger partial charge in [0.15, 0.2) is 5.65 Å². The Labute approximate surface area is 165 Å². The highest BCUT2D eigenvalue weighted by Gasteiger charge is 2.28. The van der Waals surface area contributed by atoms with Gasteiger partial charge in [0, 0.05) is 37.9 Å². The third kappa shape index (κ3) is 4.01. The van der Waals surface area contributed by atoms with Crippen LogP contribution in [-0.2, 0) is 13.0 Å². The van der Waals surface area contributed by atoms with Crippen LogP contribution < -0.4 is 5.32 Å². The molecule has 0 saturated carbocycles. The first-order chi connectivity index (χ1) is 13.6. The third-order valence-electron chi connectivity index (χ3n) is 5.20. The van der Waals surface area contributed by atoms with Crippen molar-refractivity contribution in [2.45, 2.75) is 33.2 Å². The van der Waals surface area contributed by atoms with Crippen LogP contribution in [0.5, 0.6) is 0 Å². The largest absolute Gasteiger partial charge is 0.324 e. The van der Waals surface area contributed by atoms with Crippen molar-refractivity contribution in [1.29, 1.82) is 0 Å². The van der Waals surface area contributed by atoms with E-state index in [4.69, 9.17) is 4.98 Å². The number of imidazole rings is 1. The minimum atomic E-state index is -0.0222. The molecule has 1 atom stereocenters. The molecule has 1 unspecified atom stereocenters. The van der Waals surface area contributed by atoms with Crippen LogP contribution in [0.4, 0.5) is 10.5 Å². The monoisotopic (exact) mass is 377 g/mol. The van der Waals surface area contributed by atoms with Gasteiger partial charge in [0.2, 0.25) is 0 Å². The molecule has 4 rings (SSSR count). The van der Waals surface area contributed by atoms with Crippen molar-refractivity contribution in [3.63, 3.8) is 0 Å². The highest BCUT2D eigenvalue weighted by Crippen LogP contribution is 2.24. The molecule has 0 radical (unpaired) electrons. The summed E-state index contributed by atoms with van der Waals surface area (Å²) in [6, 6.07) is 13.6. The second-order valence-electron chi connectivity index (χ2n) is 7.98. The fraction of sp³-hybridized carbons (Fsp3) is 0.409. The number of nitrogens with one attached hydrogen (secondary N) is 1. The van der Waals surface area contributed by atoms with Gasteiger partial charge in [-0.15, -0.1) is 0 Å². The first kappa shape index (κ1) is 18.5. The lowest BCUT2D eigenvalue weighted by Gasteiger charge is -2.18. The van der Waals surface area contributed by atoms with Crippen LogP contribution in [0.3, 0.4) is 0 Å². The van der Waals surface area contributed by atoms with Crippen LogP contribution in [0, 0.1) is 11.8 Å². The minimum absolute atomic E-state index is 0.0222. The normalized spacial score (nSPS) is 16.8. The van der Waals surface area contributed by atoms with E-state index in [1.165, 1.54) is 0 Å². The van der Waals surface area contributed by atoms with Gasteiger partial charge in [0.1, 0.15) is 11.3 Å². The number of amides is 2. The number of carbonyl (C=O) groups is 1. The quantitative estimate of drug-likeness (QED) is 0.725. The fourth-order valence-electron chi connectivity index (χ4n) is 3.88. The molecule has 1 aromatic carbocycles. The summed E-state index contributed by atoms with van der Waals surface area (Å²) < 4.78 is 2.26. The van der Waals surface area contributed by atoms with Gasteiger partial charge in [0.25, 0.3) is 0 Å². The van der Waals surface area contributed by atoms with E-state index in [-0.39, 0.29) is 6.03 Å². The van der Waals surface area contributed by atoms with E-state index < -0.39 is 0 Å². The van der Waals surface area contributed by atoms with Gasteiger partial charge in [-0.25, -0.2) is 14.8 Å². The lowest BCUT2D eigenvalue weighted by Crippen LogP contribution is -2.33. The number of likely N-dealkylation sites (tertiary alicyclic amines) is 1. The fourth-order valence-corrected chi connectivity index (χ4v) is 3.88. The maximum atomic E-state index is 12.5. The number of aromatic nitrogens is 3. The Morgan fingerprint density at radius 3 is 2.82 bits per heavy atom. The van der Waals surface area contributed by atoms with Gasteiger partial charge >= 0.3 is 6.03 Å². The summed E-state index contributed by atoms with van der Waals surface area (Å²) in [5, 5.41) is 2.98. The zero-order chi connectivity index (χ0) is 19.5. The van der Waals surface area contributed by atoms with E-state index in [0.29, 0.717) is 11.8 Å². The zero-order valence-electron chi connectivity index (χ0n) is 16.5. The van der Waals surface area contributed by atoms with Crippen LogP contribution in [0.2, 0.25) is 0 Å². The summed E-state index contributed by atoms with van der Waals surface area (Å²) >= 11 is 0. The Kier molecular flexibility index (Phi) is 5.28. The Morgan fingerprint density at radius 1 is 1.21 bits per heavy atom. The molecule has 6 heteroatoms. The summed E-state index contributed by atoms with van der Waals surface area (Å²) in [6.07, 6.45) is 3.70. The van der Waals surface area contributed by atoms with Gasteiger partial charge in [-0.3, -0.25) is 0 Å². The van der Waals surface area contributed by atoms with Crippen LogP contribution >= 0.6 is 0 Å². The third-order valence-corrected chi connectivity index (χ3v) is 5.20. The average molecular weight is 377 g/mol. The average Bonchev–Trinajstić information content (AvgIpc) is 3.28. The molecule has 146 valence electrons. The van der Waals surface area contributed by atoms with E-state index in [1.54, 1.807) is 0 Å². The van der Waals surface area contributed by atoms with Crippen LogP contribution in [0.15, 0.2) is 48.7 Å². The van der Waals surface area contributed by atoms with E-state index >= 15 is 0 Å². The van der Waals surface area contributed by atoms with Crippen molar-refractivity contribution in [3.8, 4) is 0 Å². The Bertz CT molecular complexity index is 950. The lowest BCUT2D eigenvalue weighted by atomic mass is 10.0. The molecule has 2 amide bonds. The van der Waals surface area contributed by atoms with Gasteiger partial charge in [-0.2, -0.15) is 0 Å². The number of anilines is 1. The summed E-state index contributed by atoms with van der Waals surface area (Å²) in [6.45, 7) is 6.88. The van der Waals surface area contributed by atoms with E-state index in [2.05, 4.69) is 28.7 Å². The SMILES string of the molecule is CC(C)Cn1c(CC2CCN(C(=O)Nc3ccccc3)C2)nc2cccnc21. The van der Waals surface area contributed by atoms with Crippen LogP contribution in [0.1, 0.15) is 26.1 Å². The highest BCUT2D eigenvalue weighted by molar-refractivity contribution is 5.89. The molecule has 1 N–H and O–H groups in total. The number of fused-ring (bicyclic) bond motifs is 1. The molecule has 1 fully saturated rings. The van der Waals surface area contributed by atoms with Gasteiger partial charge in [-0.1, -0.05) is 32.0 Å². The van der Waals surface area contributed by atoms with E-state index in [0.717, 1.165) is 55.2 Å². The summed E-state index contributed by atoms with van der Waals surface area (Å²) in [5.74, 6) is 2.02. The molecular formula is C22H27N5O. The van der Waals surface area contributed by atoms with Crippen molar-refractivity contribution in [2.75, 3.05) is 18.4 Å². The predicted molar refractivity (Wildman–Crippen MR) is 111 cm³/mol. The second-order valence-corrected chi connectivity index (χ2v) is 7.98. The lowest BCUT2D eigenvalue weighted by molar-refractivity contribution is 0.220. The number of rotatable bonds is 5. The maximum absolute atomic E-state index is 12.5. The number of benzene rings is 1.